The third kappa shape index (κ3) is 2.94. The fourth-order valence-corrected chi connectivity index (χ4v) is 3.97. The number of ether oxygens (including phenoxy) is 1. The van der Waals surface area contributed by atoms with E-state index in [1.807, 2.05) is 38.1 Å². The normalized spacial score (nSPS) is 20.7. The molecule has 0 spiro atoms. The van der Waals surface area contributed by atoms with Gasteiger partial charge in [0.15, 0.2) is 5.58 Å². The molecule has 0 unspecified atom stereocenters. The Kier molecular flexibility index (Phi) is 4.56. The molecule has 1 aromatic carbocycles. The summed E-state index contributed by atoms with van der Waals surface area (Å²) >= 11 is 6.71. The van der Waals surface area contributed by atoms with Gasteiger partial charge in [0.25, 0.3) is 0 Å². The summed E-state index contributed by atoms with van der Waals surface area (Å²) in [4.78, 5) is 6.48. The van der Waals surface area contributed by atoms with E-state index in [2.05, 4.69) is 15.0 Å². The molecule has 0 aliphatic carbocycles. The van der Waals surface area contributed by atoms with Crippen molar-refractivity contribution in [1.82, 2.24) is 10.1 Å². The number of fused-ring (bicyclic) bond motifs is 1. The maximum absolute atomic E-state index is 9.98. The van der Waals surface area contributed by atoms with Gasteiger partial charge in [0.05, 0.1) is 35.6 Å². The van der Waals surface area contributed by atoms with Crippen LogP contribution in [-0.4, -0.2) is 40.5 Å². The molecule has 0 bridgehead atoms. The lowest BCUT2D eigenvalue weighted by Crippen LogP contribution is -2.46. The number of nitrogens with zero attached hydrogens (tertiary/aromatic N) is 3. The first-order chi connectivity index (χ1) is 12.6. The van der Waals surface area contributed by atoms with Crippen molar-refractivity contribution in [1.29, 1.82) is 0 Å². The Balaban J connectivity index is 1.86. The van der Waals surface area contributed by atoms with Gasteiger partial charge in [-0.05, 0) is 32.0 Å². The highest BCUT2D eigenvalue weighted by atomic mass is 35.5. The lowest BCUT2D eigenvalue weighted by Gasteiger charge is -2.38. The SMILES string of the molecule is C[C@@H]1CN(c2c(CO)cc3c(-c4ccccn4)noc3c2Cl)C[C@H](C)O1. The molecule has 0 radical (unpaired) electrons. The Morgan fingerprint density at radius 2 is 2.04 bits per heavy atom. The van der Waals surface area contributed by atoms with Crippen molar-refractivity contribution in [2.24, 2.45) is 0 Å². The summed E-state index contributed by atoms with van der Waals surface area (Å²) in [5.41, 5.74) is 3.35. The molecular weight excluding hydrogens is 354 g/mol. The molecule has 26 heavy (non-hydrogen) atoms. The van der Waals surface area contributed by atoms with Gasteiger partial charge in [-0.2, -0.15) is 0 Å². The first kappa shape index (κ1) is 17.3. The Hall–Kier alpha value is -2.15. The highest BCUT2D eigenvalue weighted by Gasteiger charge is 2.28. The van der Waals surface area contributed by atoms with Crippen LogP contribution in [0.1, 0.15) is 19.4 Å². The van der Waals surface area contributed by atoms with Crippen LogP contribution in [0, 0.1) is 0 Å². The average molecular weight is 374 g/mol. The number of halogens is 1. The van der Waals surface area contributed by atoms with Gasteiger partial charge in [0, 0.05) is 24.8 Å². The zero-order chi connectivity index (χ0) is 18.3. The van der Waals surface area contributed by atoms with E-state index in [1.165, 1.54) is 0 Å². The predicted octanol–water partition coefficient (Wildman–Crippen LogP) is 3.65. The molecule has 3 aromatic rings. The number of pyridine rings is 1. The number of benzene rings is 1. The number of hydrogen-bond acceptors (Lipinski definition) is 6. The van der Waals surface area contributed by atoms with Crippen molar-refractivity contribution in [2.75, 3.05) is 18.0 Å². The molecule has 6 nitrogen and oxygen atoms in total. The minimum Gasteiger partial charge on any atom is -0.392 e. The maximum Gasteiger partial charge on any atom is 0.188 e. The molecule has 0 amide bonds. The number of hydrogen-bond donors (Lipinski definition) is 1. The molecule has 1 saturated heterocycles. The van der Waals surface area contributed by atoms with Crippen LogP contribution in [0.4, 0.5) is 5.69 Å². The van der Waals surface area contributed by atoms with Crippen molar-refractivity contribution in [3.63, 3.8) is 0 Å². The number of aliphatic hydroxyl groups is 1. The van der Waals surface area contributed by atoms with E-state index in [-0.39, 0.29) is 18.8 Å². The fraction of sp³-hybridized carbons (Fsp3) is 0.368. The van der Waals surface area contributed by atoms with Gasteiger partial charge in [0.2, 0.25) is 0 Å². The first-order valence-corrected chi connectivity index (χ1v) is 8.99. The minimum absolute atomic E-state index is 0.0795. The zero-order valence-electron chi connectivity index (χ0n) is 14.6. The lowest BCUT2D eigenvalue weighted by molar-refractivity contribution is -0.00531. The van der Waals surface area contributed by atoms with E-state index < -0.39 is 0 Å². The largest absolute Gasteiger partial charge is 0.392 e. The topological polar surface area (TPSA) is 71.6 Å². The van der Waals surface area contributed by atoms with Crippen molar-refractivity contribution in [3.8, 4) is 11.4 Å². The number of rotatable bonds is 3. The first-order valence-electron chi connectivity index (χ1n) is 8.62. The van der Waals surface area contributed by atoms with Crippen LogP contribution in [-0.2, 0) is 11.3 Å². The Morgan fingerprint density at radius 3 is 2.69 bits per heavy atom. The molecule has 1 N–H and O–H groups in total. The average Bonchev–Trinajstić information content (AvgIpc) is 3.05. The molecule has 1 aliphatic heterocycles. The Labute approximate surface area is 156 Å². The molecule has 0 saturated carbocycles. The Bertz CT molecular complexity index is 919. The van der Waals surface area contributed by atoms with Crippen LogP contribution < -0.4 is 4.90 Å². The van der Waals surface area contributed by atoms with Gasteiger partial charge < -0.3 is 19.3 Å². The molecule has 4 rings (SSSR count). The van der Waals surface area contributed by atoms with E-state index in [1.54, 1.807) is 6.20 Å². The van der Waals surface area contributed by atoms with Gasteiger partial charge in [-0.1, -0.05) is 22.8 Å². The van der Waals surface area contributed by atoms with Gasteiger partial charge in [-0.3, -0.25) is 4.98 Å². The number of morpholine rings is 1. The van der Waals surface area contributed by atoms with Crippen molar-refractivity contribution in [3.05, 3.63) is 41.0 Å². The van der Waals surface area contributed by atoms with E-state index in [9.17, 15) is 5.11 Å². The summed E-state index contributed by atoms with van der Waals surface area (Å²) in [7, 11) is 0. The third-order valence-corrected chi connectivity index (χ3v) is 4.92. The summed E-state index contributed by atoms with van der Waals surface area (Å²) in [5.74, 6) is 0. The summed E-state index contributed by atoms with van der Waals surface area (Å²) in [6.45, 7) is 5.33. The van der Waals surface area contributed by atoms with Crippen LogP contribution in [0.15, 0.2) is 35.0 Å². The summed E-state index contributed by atoms with van der Waals surface area (Å²) in [5, 5.41) is 15.4. The molecule has 2 atom stereocenters. The summed E-state index contributed by atoms with van der Waals surface area (Å²) < 4.78 is 11.4. The van der Waals surface area contributed by atoms with Gasteiger partial charge in [0.1, 0.15) is 10.7 Å². The highest BCUT2D eigenvalue weighted by molar-refractivity contribution is 6.38. The lowest BCUT2D eigenvalue weighted by atomic mass is 10.0. The molecule has 2 aromatic heterocycles. The van der Waals surface area contributed by atoms with Crippen LogP contribution in [0.5, 0.6) is 0 Å². The van der Waals surface area contributed by atoms with E-state index >= 15 is 0 Å². The second-order valence-electron chi connectivity index (χ2n) is 6.64. The fourth-order valence-electron chi connectivity index (χ4n) is 3.59. The zero-order valence-corrected chi connectivity index (χ0v) is 15.4. The Morgan fingerprint density at radius 1 is 1.27 bits per heavy atom. The van der Waals surface area contributed by atoms with Crippen LogP contribution in [0.25, 0.3) is 22.4 Å². The maximum atomic E-state index is 9.98. The standard InChI is InChI=1S/C19H20ClN3O3/c1-11-8-23(9-12(2)25-11)18-13(10-24)7-14-17(15-5-3-4-6-21-15)22-26-19(14)16(18)20/h3-7,11-12,24H,8-10H2,1-2H3/t11-,12+. The molecule has 1 fully saturated rings. The summed E-state index contributed by atoms with van der Waals surface area (Å²) in [6.07, 6.45) is 1.86. The second-order valence-corrected chi connectivity index (χ2v) is 7.02. The van der Waals surface area contributed by atoms with Crippen LogP contribution in [0.2, 0.25) is 5.02 Å². The van der Waals surface area contributed by atoms with E-state index in [4.69, 9.17) is 20.9 Å². The van der Waals surface area contributed by atoms with Crippen LogP contribution >= 0.6 is 11.6 Å². The van der Waals surface area contributed by atoms with Gasteiger partial charge in [-0.15, -0.1) is 0 Å². The molecule has 1 aliphatic rings. The van der Waals surface area contributed by atoms with Crippen molar-refractivity contribution >= 4 is 28.3 Å². The second kappa shape index (κ2) is 6.87. The number of aliphatic hydroxyl groups excluding tert-OH is 1. The van der Waals surface area contributed by atoms with Gasteiger partial charge >= 0.3 is 0 Å². The highest BCUT2D eigenvalue weighted by Crippen LogP contribution is 2.41. The smallest absolute Gasteiger partial charge is 0.188 e. The van der Waals surface area contributed by atoms with E-state index in [0.717, 1.165) is 16.6 Å². The minimum atomic E-state index is -0.127. The van der Waals surface area contributed by atoms with Crippen LogP contribution in [0.3, 0.4) is 0 Å². The predicted molar refractivity (Wildman–Crippen MR) is 100 cm³/mol. The quantitative estimate of drug-likeness (QED) is 0.755. The molecular formula is C19H20ClN3O3. The number of aromatic nitrogens is 2. The number of anilines is 1. The monoisotopic (exact) mass is 373 g/mol. The van der Waals surface area contributed by atoms with E-state index in [0.29, 0.717) is 35.1 Å². The molecule has 136 valence electrons. The summed E-state index contributed by atoms with van der Waals surface area (Å²) in [6, 6.07) is 7.49. The molecule has 3 heterocycles. The van der Waals surface area contributed by atoms with Crippen molar-refractivity contribution in [2.45, 2.75) is 32.7 Å². The molecule has 7 heteroatoms. The van der Waals surface area contributed by atoms with Crippen molar-refractivity contribution < 1.29 is 14.4 Å². The third-order valence-electron chi connectivity index (χ3n) is 4.57. The van der Waals surface area contributed by atoms with Gasteiger partial charge in [-0.25, -0.2) is 0 Å².